The van der Waals surface area contributed by atoms with E-state index in [2.05, 4.69) is 22.8 Å². The Bertz CT molecular complexity index is 705. The molecule has 1 heterocycles. The molecule has 3 nitrogen and oxygen atoms in total. The van der Waals surface area contributed by atoms with Gasteiger partial charge in [0, 0.05) is 18.2 Å². The van der Waals surface area contributed by atoms with Crippen LogP contribution in [0.4, 0.5) is 4.39 Å². The van der Waals surface area contributed by atoms with Crippen molar-refractivity contribution in [3.63, 3.8) is 0 Å². The Labute approximate surface area is 141 Å². The van der Waals surface area contributed by atoms with Crippen LogP contribution in [0.25, 0.3) is 0 Å². The molecule has 0 saturated carbocycles. The number of hydrogen-bond acceptors (Lipinski definition) is 2. The van der Waals surface area contributed by atoms with Gasteiger partial charge in [-0.25, -0.2) is 4.39 Å². The van der Waals surface area contributed by atoms with E-state index in [0.717, 1.165) is 13.0 Å². The van der Waals surface area contributed by atoms with Crippen molar-refractivity contribution >= 4 is 18.3 Å². The highest BCUT2D eigenvalue weighted by molar-refractivity contribution is 5.95. The zero-order valence-electron chi connectivity index (χ0n) is 12.9. The summed E-state index contributed by atoms with van der Waals surface area (Å²) >= 11 is 0. The lowest BCUT2D eigenvalue weighted by Gasteiger charge is -2.27. The van der Waals surface area contributed by atoms with Gasteiger partial charge in [0.15, 0.2) is 0 Å². The molecule has 0 aromatic heterocycles. The van der Waals surface area contributed by atoms with Crippen molar-refractivity contribution in [1.82, 2.24) is 10.6 Å². The maximum Gasteiger partial charge on any atom is 0.251 e. The van der Waals surface area contributed by atoms with Gasteiger partial charge in [0.1, 0.15) is 5.82 Å². The molecule has 5 heteroatoms. The predicted octanol–water partition coefficient (Wildman–Crippen LogP) is 3.17. The largest absolute Gasteiger partial charge is 0.350 e. The summed E-state index contributed by atoms with van der Waals surface area (Å²) in [5, 5.41) is 6.38. The van der Waals surface area contributed by atoms with Crippen LogP contribution < -0.4 is 10.6 Å². The van der Waals surface area contributed by atoms with Crippen molar-refractivity contribution in [2.75, 3.05) is 13.1 Å². The third-order valence-corrected chi connectivity index (χ3v) is 4.12. The lowest BCUT2D eigenvalue weighted by atomic mass is 9.94. The van der Waals surface area contributed by atoms with Crippen LogP contribution in [0.1, 0.15) is 33.1 Å². The molecule has 1 aliphatic rings. The van der Waals surface area contributed by atoms with E-state index >= 15 is 0 Å². The molecular weight excluding hydrogens is 315 g/mol. The van der Waals surface area contributed by atoms with Crippen LogP contribution in [0.15, 0.2) is 42.5 Å². The summed E-state index contributed by atoms with van der Waals surface area (Å²) in [5.41, 5.74) is 3.74. The van der Waals surface area contributed by atoms with E-state index in [4.69, 9.17) is 0 Å². The monoisotopic (exact) mass is 334 g/mol. The van der Waals surface area contributed by atoms with Crippen LogP contribution in [0, 0.1) is 12.7 Å². The highest BCUT2D eigenvalue weighted by atomic mass is 35.5. The summed E-state index contributed by atoms with van der Waals surface area (Å²) in [7, 11) is 0. The molecule has 2 aromatic carbocycles. The molecular formula is C18H20ClFN2O. The third-order valence-electron chi connectivity index (χ3n) is 4.12. The van der Waals surface area contributed by atoms with Gasteiger partial charge in [-0.05, 0) is 54.8 Å². The van der Waals surface area contributed by atoms with E-state index in [1.807, 2.05) is 12.1 Å². The van der Waals surface area contributed by atoms with E-state index in [0.29, 0.717) is 17.7 Å². The van der Waals surface area contributed by atoms with E-state index in [1.54, 1.807) is 6.92 Å². The van der Waals surface area contributed by atoms with Crippen molar-refractivity contribution in [2.24, 2.45) is 0 Å². The second kappa shape index (κ2) is 7.57. The first-order chi connectivity index (χ1) is 10.6. The van der Waals surface area contributed by atoms with Crippen LogP contribution in [0.5, 0.6) is 0 Å². The third kappa shape index (κ3) is 3.89. The number of rotatable bonds is 3. The van der Waals surface area contributed by atoms with Gasteiger partial charge >= 0.3 is 0 Å². The van der Waals surface area contributed by atoms with Crippen molar-refractivity contribution < 1.29 is 9.18 Å². The maximum absolute atomic E-state index is 13.1. The number of carbonyl (C=O) groups is 1. The summed E-state index contributed by atoms with van der Waals surface area (Å²) in [4.78, 5) is 12.3. The highest BCUT2D eigenvalue weighted by Crippen LogP contribution is 2.22. The molecule has 0 aliphatic carbocycles. The zero-order valence-corrected chi connectivity index (χ0v) is 13.8. The SMILES string of the molecule is Cc1cc(F)ccc1C(=O)NCC1NCCc2ccccc21.Cl. The second-order valence-electron chi connectivity index (χ2n) is 5.62. The Morgan fingerprint density at radius 3 is 2.87 bits per heavy atom. The number of amides is 1. The molecule has 3 rings (SSSR count). The van der Waals surface area contributed by atoms with Gasteiger partial charge in [0.2, 0.25) is 0 Å². The summed E-state index contributed by atoms with van der Waals surface area (Å²) < 4.78 is 13.1. The molecule has 1 atom stereocenters. The van der Waals surface area contributed by atoms with Gasteiger partial charge in [0.05, 0.1) is 0 Å². The molecule has 0 radical (unpaired) electrons. The average molecular weight is 335 g/mol. The summed E-state index contributed by atoms with van der Waals surface area (Å²) in [5.74, 6) is -0.487. The molecule has 122 valence electrons. The van der Waals surface area contributed by atoms with E-state index in [-0.39, 0.29) is 30.2 Å². The van der Waals surface area contributed by atoms with Crippen molar-refractivity contribution in [2.45, 2.75) is 19.4 Å². The molecule has 0 fully saturated rings. The van der Waals surface area contributed by atoms with Gasteiger partial charge in [0.25, 0.3) is 5.91 Å². The molecule has 0 saturated heterocycles. The molecule has 23 heavy (non-hydrogen) atoms. The lowest BCUT2D eigenvalue weighted by molar-refractivity contribution is 0.0948. The van der Waals surface area contributed by atoms with Gasteiger partial charge in [-0.2, -0.15) is 0 Å². The summed E-state index contributed by atoms with van der Waals surface area (Å²) in [6.45, 7) is 3.17. The standard InChI is InChI=1S/C18H19FN2O.ClH/c1-12-10-14(19)6-7-15(12)18(22)21-11-17-16-5-3-2-4-13(16)8-9-20-17;/h2-7,10,17,20H,8-9,11H2,1H3,(H,21,22);1H. The van der Waals surface area contributed by atoms with Crippen molar-refractivity contribution in [3.05, 3.63) is 70.5 Å². The fraction of sp³-hybridized carbons (Fsp3) is 0.278. The van der Waals surface area contributed by atoms with Crippen LogP contribution in [-0.4, -0.2) is 19.0 Å². The second-order valence-corrected chi connectivity index (χ2v) is 5.62. The van der Waals surface area contributed by atoms with Gasteiger partial charge in [-0.15, -0.1) is 12.4 Å². The predicted molar refractivity (Wildman–Crippen MR) is 91.6 cm³/mol. The van der Waals surface area contributed by atoms with Crippen LogP contribution >= 0.6 is 12.4 Å². The number of hydrogen-bond donors (Lipinski definition) is 2. The Morgan fingerprint density at radius 2 is 2.09 bits per heavy atom. The first kappa shape index (κ1) is 17.4. The Morgan fingerprint density at radius 1 is 1.30 bits per heavy atom. The molecule has 1 aliphatic heterocycles. The maximum atomic E-state index is 13.1. The molecule has 2 N–H and O–H groups in total. The summed E-state index contributed by atoms with van der Waals surface area (Å²) in [6.07, 6.45) is 1.01. The average Bonchev–Trinajstić information content (AvgIpc) is 2.52. The van der Waals surface area contributed by atoms with Gasteiger partial charge in [-0.3, -0.25) is 4.79 Å². The van der Waals surface area contributed by atoms with E-state index in [1.165, 1.54) is 29.3 Å². The first-order valence-electron chi connectivity index (χ1n) is 7.50. The molecule has 1 unspecified atom stereocenters. The normalized spacial score (nSPS) is 16.2. The number of aryl methyl sites for hydroxylation is 1. The smallest absolute Gasteiger partial charge is 0.251 e. The number of carbonyl (C=O) groups excluding carboxylic acids is 1. The minimum atomic E-state index is -0.322. The molecule has 2 aromatic rings. The lowest BCUT2D eigenvalue weighted by Crippen LogP contribution is -2.39. The fourth-order valence-corrected chi connectivity index (χ4v) is 2.95. The van der Waals surface area contributed by atoms with Gasteiger partial charge in [-0.1, -0.05) is 24.3 Å². The van der Waals surface area contributed by atoms with Crippen LogP contribution in [0.3, 0.4) is 0 Å². The minimum Gasteiger partial charge on any atom is -0.350 e. The minimum absolute atomic E-state index is 0. The quantitative estimate of drug-likeness (QED) is 0.905. The van der Waals surface area contributed by atoms with Crippen LogP contribution in [-0.2, 0) is 6.42 Å². The number of nitrogens with one attached hydrogen (secondary N) is 2. The topological polar surface area (TPSA) is 41.1 Å². The zero-order chi connectivity index (χ0) is 15.5. The molecule has 0 spiro atoms. The van der Waals surface area contributed by atoms with Crippen molar-refractivity contribution in [1.29, 1.82) is 0 Å². The molecule has 0 bridgehead atoms. The number of fused-ring (bicyclic) bond motifs is 1. The number of benzene rings is 2. The highest BCUT2D eigenvalue weighted by Gasteiger charge is 2.20. The van der Waals surface area contributed by atoms with Crippen LogP contribution in [0.2, 0.25) is 0 Å². The van der Waals surface area contributed by atoms with E-state index < -0.39 is 0 Å². The Hall–Kier alpha value is -1.91. The Kier molecular flexibility index (Phi) is 5.74. The van der Waals surface area contributed by atoms with Gasteiger partial charge < -0.3 is 10.6 Å². The number of halogens is 2. The van der Waals surface area contributed by atoms with Crippen molar-refractivity contribution in [3.8, 4) is 0 Å². The summed E-state index contributed by atoms with van der Waals surface area (Å²) in [6, 6.07) is 12.6. The molecule has 1 amide bonds. The fourth-order valence-electron chi connectivity index (χ4n) is 2.95. The first-order valence-corrected chi connectivity index (χ1v) is 7.50. The van der Waals surface area contributed by atoms with E-state index in [9.17, 15) is 9.18 Å². The Balaban J connectivity index is 0.00000192.